The first-order chi connectivity index (χ1) is 27.2. The number of fused-ring (bicyclic) bond motifs is 1. The Morgan fingerprint density at radius 3 is 2.21 bits per heavy atom. The van der Waals surface area contributed by atoms with Crippen molar-refractivity contribution in [2.75, 3.05) is 83.6 Å². The minimum absolute atomic E-state index is 0.00905. The Kier molecular flexibility index (Phi) is 17.6. The smallest absolute Gasteiger partial charge is 0.315 e. The molecule has 0 saturated carbocycles. The van der Waals surface area contributed by atoms with Crippen molar-refractivity contribution in [3.8, 4) is 5.75 Å². The SMILES string of the molecule is CC(=N)c1ccc(C(=O)N2CCC(Oc3ccc(NC(=O)CCOCCOCCOCCOCCNC(=O)CCCC4SCC5NC(=O)NC54)cc3)CC2)nc1. The van der Waals surface area contributed by atoms with Crippen molar-refractivity contribution in [2.24, 2.45) is 0 Å². The summed E-state index contributed by atoms with van der Waals surface area (Å²) >= 11 is 1.85. The van der Waals surface area contributed by atoms with Crippen molar-refractivity contribution >= 4 is 46.9 Å². The number of carbonyl (C=O) groups excluding carboxylic acids is 4. The lowest BCUT2D eigenvalue weighted by molar-refractivity contribution is -0.121. The summed E-state index contributed by atoms with van der Waals surface area (Å²) in [6.07, 6.45) is 5.31. The molecule has 17 heteroatoms. The van der Waals surface area contributed by atoms with Crippen LogP contribution in [0.4, 0.5) is 10.5 Å². The Morgan fingerprint density at radius 2 is 1.55 bits per heavy atom. The largest absolute Gasteiger partial charge is 0.490 e. The van der Waals surface area contributed by atoms with E-state index in [1.807, 2.05) is 23.9 Å². The number of likely N-dealkylation sites (tertiary alicyclic amines) is 1. The summed E-state index contributed by atoms with van der Waals surface area (Å²) in [5.74, 6) is 1.36. The molecule has 3 unspecified atom stereocenters. The standard InChI is InChI=1S/C39H55N7O9S/c1-27(40)28-5-10-32(42-25-28)38(49)46-15-11-31(12-16-46)55-30-8-6-29(7-9-30)43-36(48)13-17-51-19-21-53-23-24-54-22-20-52-18-14-41-35(47)4-2-3-34-37-33(26-56-34)44-39(50)45-37/h5-10,25,31,33-34,37,40H,2-4,11-24,26H2,1H3,(H,41,47)(H,43,48)(H2,44,45,50). The van der Waals surface area contributed by atoms with Gasteiger partial charge in [0, 0.05) is 73.1 Å². The Morgan fingerprint density at radius 1 is 0.875 bits per heavy atom. The number of anilines is 1. The molecular weight excluding hydrogens is 743 g/mol. The van der Waals surface area contributed by atoms with Gasteiger partial charge in [-0.3, -0.25) is 19.4 Å². The number of thioether (sulfide) groups is 1. The van der Waals surface area contributed by atoms with Crippen molar-refractivity contribution in [1.82, 2.24) is 25.8 Å². The number of piperidine rings is 1. The summed E-state index contributed by atoms with van der Waals surface area (Å²) < 4.78 is 28.2. The summed E-state index contributed by atoms with van der Waals surface area (Å²) in [4.78, 5) is 54.8. The summed E-state index contributed by atoms with van der Waals surface area (Å²) in [7, 11) is 0. The summed E-state index contributed by atoms with van der Waals surface area (Å²) in [6.45, 7) is 6.42. The Hall–Kier alpha value is -4.29. The van der Waals surface area contributed by atoms with Crippen LogP contribution < -0.4 is 26.0 Å². The molecule has 0 aliphatic carbocycles. The Bertz CT molecular complexity index is 1580. The van der Waals surface area contributed by atoms with Crippen molar-refractivity contribution in [3.63, 3.8) is 0 Å². The van der Waals surface area contributed by atoms with Crippen molar-refractivity contribution in [3.05, 3.63) is 53.9 Å². The molecule has 5 amide bonds. The van der Waals surface area contributed by atoms with Gasteiger partial charge in [0.25, 0.3) is 5.91 Å². The fourth-order valence-corrected chi connectivity index (χ4v) is 8.04. The number of urea groups is 1. The maximum absolute atomic E-state index is 12.8. The van der Waals surface area contributed by atoms with E-state index in [-0.39, 0.29) is 55.0 Å². The first-order valence-corrected chi connectivity index (χ1v) is 20.4. The maximum atomic E-state index is 12.8. The highest BCUT2D eigenvalue weighted by Crippen LogP contribution is 2.33. The highest BCUT2D eigenvalue weighted by Gasteiger charge is 2.42. The van der Waals surface area contributed by atoms with Gasteiger partial charge in [-0.25, -0.2) is 4.79 Å². The number of ether oxygens (including phenoxy) is 5. The van der Waals surface area contributed by atoms with Gasteiger partial charge in [0.1, 0.15) is 17.5 Å². The van der Waals surface area contributed by atoms with E-state index in [4.69, 9.17) is 29.1 Å². The van der Waals surface area contributed by atoms with Crippen molar-refractivity contribution in [2.45, 2.75) is 68.9 Å². The van der Waals surface area contributed by atoms with Crippen LogP contribution in [-0.4, -0.2) is 141 Å². The lowest BCUT2D eigenvalue weighted by Gasteiger charge is -2.32. The van der Waals surface area contributed by atoms with Crippen LogP contribution in [-0.2, 0) is 28.5 Å². The second-order valence-electron chi connectivity index (χ2n) is 13.8. The third-order valence-corrected chi connectivity index (χ3v) is 11.1. The molecule has 1 aromatic heterocycles. The topological polar surface area (TPSA) is 203 Å². The van der Waals surface area contributed by atoms with Crippen LogP contribution in [0, 0.1) is 5.41 Å². The van der Waals surface area contributed by atoms with Gasteiger partial charge in [0.05, 0.1) is 71.4 Å². The molecule has 0 radical (unpaired) electrons. The summed E-state index contributed by atoms with van der Waals surface area (Å²) in [5.41, 5.74) is 2.15. The number of hydrogen-bond acceptors (Lipinski definition) is 12. The molecule has 4 heterocycles. The molecule has 5 N–H and O–H groups in total. The van der Waals surface area contributed by atoms with Gasteiger partial charge < -0.3 is 55.3 Å². The predicted molar refractivity (Wildman–Crippen MR) is 212 cm³/mol. The molecule has 2 aromatic rings. The van der Waals surface area contributed by atoms with Gasteiger partial charge in [0.15, 0.2) is 0 Å². The molecule has 16 nitrogen and oxygen atoms in total. The van der Waals surface area contributed by atoms with E-state index >= 15 is 0 Å². The minimum Gasteiger partial charge on any atom is -0.490 e. The Labute approximate surface area is 332 Å². The number of aromatic nitrogens is 1. The van der Waals surface area contributed by atoms with Gasteiger partial charge in [0.2, 0.25) is 11.8 Å². The molecule has 0 spiro atoms. The molecular formula is C39H55N7O9S. The maximum Gasteiger partial charge on any atom is 0.315 e. The molecule has 3 saturated heterocycles. The number of nitrogens with one attached hydrogen (secondary N) is 5. The fraction of sp³-hybridized carbons (Fsp3) is 0.590. The number of rotatable bonds is 24. The lowest BCUT2D eigenvalue weighted by atomic mass is 10.0. The monoisotopic (exact) mass is 797 g/mol. The number of nitrogens with zero attached hydrogens (tertiary/aromatic N) is 2. The van der Waals surface area contributed by atoms with Gasteiger partial charge in [-0.1, -0.05) is 0 Å². The molecule has 0 bridgehead atoms. The number of carbonyl (C=O) groups is 4. The number of pyridine rings is 1. The summed E-state index contributed by atoms with van der Waals surface area (Å²) in [5, 5.41) is 19.7. The van der Waals surface area contributed by atoms with Crippen molar-refractivity contribution in [1.29, 1.82) is 5.41 Å². The van der Waals surface area contributed by atoms with E-state index in [0.29, 0.717) is 119 Å². The lowest BCUT2D eigenvalue weighted by Crippen LogP contribution is -2.42. The second-order valence-corrected chi connectivity index (χ2v) is 15.1. The second kappa shape index (κ2) is 23.1. The average Bonchev–Trinajstić information content (AvgIpc) is 3.76. The zero-order valence-corrected chi connectivity index (χ0v) is 32.9. The molecule has 306 valence electrons. The predicted octanol–water partition coefficient (Wildman–Crippen LogP) is 3.00. The van der Waals surface area contributed by atoms with Crippen LogP contribution in [0.5, 0.6) is 5.75 Å². The number of benzene rings is 1. The normalized spacial score (nSPS) is 19.2. The minimum atomic E-state index is -0.154. The van der Waals surface area contributed by atoms with Gasteiger partial charge in [-0.15, -0.1) is 0 Å². The van der Waals surface area contributed by atoms with E-state index < -0.39 is 0 Å². The Balaban J connectivity index is 0.782. The number of hydrogen-bond donors (Lipinski definition) is 5. The van der Waals surface area contributed by atoms with Crippen molar-refractivity contribution < 1.29 is 42.9 Å². The van der Waals surface area contributed by atoms with Crippen LogP contribution in [0.15, 0.2) is 42.6 Å². The van der Waals surface area contributed by atoms with Gasteiger partial charge in [-0.2, -0.15) is 11.8 Å². The van der Waals surface area contributed by atoms with E-state index in [2.05, 4.69) is 26.3 Å². The zero-order valence-electron chi connectivity index (χ0n) is 32.1. The van der Waals surface area contributed by atoms with E-state index in [1.54, 1.807) is 42.3 Å². The molecule has 5 rings (SSSR count). The van der Waals surface area contributed by atoms with Crippen LogP contribution in [0.1, 0.15) is 61.5 Å². The first-order valence-electron chi connectivity index (χ1n) is 19.4. The molecule has 1 aromatic carbocycles. The molecule has 3 aliphatic rings. The highest BCUT2D eigenvalue weighted by atomic mass is 32.2. The van der Waals surface area contributed by atoms with Crippen LogP contribution in [0.3, 0.4) is 0 Å². The molecule has 3 fully saturated rings. The third kappa shape index (κ3) is 14.3. The van der Waals surface area contributed by atoms with E-state index in [9.17, 15) is 19.2 Å². The third-order valence-electron chi connectivity index (χ3n) is 9.57. The quantitative estimate of drug-likeness (QED) is 0.0594. The van der Waals surface area contributed by atoms with Crippen LogP contribution >= 0.6 is 11.8 Å². The molecule has 3 atom stereocenters. The first kappa shape index (κ1) is 42.8. The van der Waals surface area contributed by atoms with E-state index in [1.165, 1.54) is 0 Å². The van der Waals surface area contributed by atoms with Gasteiger partial charge >= 0.3 is 6.03 Å². The number of amides is 5. The average molecular weight is 798 g/mol. The van der Waals surface area contributed by atoms with Crippen LogP contribution in [0.25, 0.3) is 0 Å². The zero-order chi connectivity index (χ0) is 39.5. The van der Waals surface area contributed by atoms with E-state index in [0.717, 1.165) is 18.6 Å². The fourth-order valence-electron chi connectivity index (χ4n) is 6.50. The summed E-state index contributed by atoms with van der Waals surface area (Å²) in [6, 6.07) is 10.9. The molecule has 56 heavy (non-hydrogen) atoms. The van der Waals surface area contributed by atoms with Gasteiger partial charge in [-0.05, 0) is 56.2 Å². The van der Waals surface area contributed by atoms with Crippen LogP contribution in [0.2, 0.25) is 0 Å². The highest BCUT2D eigenvalue weighted by molar-refractivity contribution is 8.00. The molecule has 3 aliphatic heterocycles.